The summed E-state index contributed by atoms with van der Waals surface area (Å²) in [5.74, 6) is 2.34. The highest BCUT2D eigenvalue weighted by molar-refractivity contribution is 14.1. The van der Waals surface area contributed by atoms with Gasteiger partial charge in [-0.15, -0.1) is 0 Å². The summed E-state index contributed by atoms with van der Waals surface area (Å²) in [6.45, 7) is 18.0. The van der Waals surface area contributed by atoms with Gasteiger partial charge in [0.25, 0.3) is 0 Å². The molecule has 1 aromatic rings. The lowest BCUT2D eigenvalue weighted by Crippen LogP contribution is -2.38. The van der Waals surface area contributed by atoms with Gasteiger partial charge < -0.3 is 4.57 Å². The van der Waals surface area contributed by atoms with E-state index < -0.39 is 0 Å². The van der Waals surface area contributed by atoms with E-state index in [1.807, 2.05) is 0 Å². The van der Waals surface area contributed by atoms with Gasteiger partial charge in [0.15, 0.2) is 0 Å². The molecule has 0 amide bonds. The van der Waals surface area contributed by atoms with Crippen LogP contribution in [0.3, 0.4) is 0 Å². The molecule has 0 atom stereocenters. The van der Waals surface area contributed by atoms with Crippen molar-refractivity contribution in [3.63, 3.8) is 0 Å². The smallest absolute Gasteiger partial charge is 0.0309 e. The second kappa shape index (κ2) is 11.8. The van der Waals surface area contributed by atoms with E-state index in [9.17, 15) is 0 Å². The molecule has 0 radical (unpaired) electrons. The number of nitrogens with zero attached hydrogens (tertiary/aromatic N) is 1. The molecule has 0 unspecified atom stereocenters. The molecule has 0 aliphatic heterocycles. The number of hydrogen-bond donors (Lipinski definition) is 0. The van der Waals surface area contributed by atoms with Crippen LogP contribution in [0.5, 0.6) is 0 Å². The van der Waals surface area contributed by atoms with Crippen molar-refractivity contribution >= 4 is 22.6 Å². The minimum Gasteiger partial charge on any atom is -0.351 e. The summed E-state index contributed by atoms with van der Waals surface area (Å²) < 4.78 is 3.77. The monoisotopic (exact) mass is 473 g/mol. The SMILES string of the molecule is Cc1cc(I)cn1CCCCCCCCCC(C(C)C)(C(C)C)C(C)C. The molecule has 0 aliphatic rings. The first-order valence-electron chi connectivity index (χ1n) is 11.0. The van der Waals surface area contributed by atoms with Crippen LogP contribution in [0.2, 0.25) is 0 Å². The number of rotatable bonds is 13. The molecule has 0 bridgehead atoms. The summed E-state index contributed by atoms with van der Waals surface area (Å²) in [4.78, 5) is 0. The Morgan fingerprint density at radius 3 is 1.69 bits per heavy atom. The van der Waals surface area contributed by atoms with Gasteiger partial charge in [-0.25, -0.2) is 0 Å². The first-order valence-corrected chi connectivity index (χ1v) is 12.1. The maximum absolute atomic E-state index is 2.44. The quantitative estimate of drug-likeness (QED) is 0.200. The fraction of sp³-hybridized carbons (Fsp3) is 0.833. The van der Waals surface area contributed by atoms with Crippen molar-refractivity contribution < 1.29 is 0 Å². The fourth-order valence-corrected chi connectivity index (χ4v) is 6.06. The zero-order chi connectivity index (χ0) is 19.7. The van der Waals surface area contributed by atoms with E-state index >= 15 is 0 Å². The minimum atomic E-state index is 0.520. The molecule has 0 saturated carbocycles. The van der Waals surface area contributed by atoms with Gasteiger partial charge in [0.05, 0.1) is 0 Å². The molecule has 0 N–H and O–H groups in total. The molecule has 0 aliphatic carbocycles. The first kappa shape index (κ1) is 24.0. The van der Waals surface area contributed by atoms with Crippen LogP contribution in [0.4, 0.5) is 0 Å². The van der Waals surface area contributed by atoms with Crippen LogP contribution >= 0.6 is 22.6 Å². The normalized spacial score (nSPS) is 12.7. The second-order valence-corrected chi connectivity index (χ2v) is 10.5. The van der Waals surface area contributed by atoms with Gasteiger partial charge >= 0.3 is 0 Å². The van der Waals surface area contributed by atoms with E-state index in [-0.39, 0.29) is 0 Å². The Kier molecular flexibility index (Phi) is 10.9. The largest absolute Gasteiger partial charge is 0.351 e. The zero-order valence-corrected chi connectivity index (χ0v) is 20.7. The van der Waals surface area contributed by atoms with Gasteiger partial charge in [-0.1, -0.05) is 80.1 Å². The summed E-state index contributed by atoms with van der Waals surface area (Å²) in [5, 5.41) is 0. The highest BCUT2D eigenvalue weighted by atomic mass is 127. The number of aromatic nitrogens is 1. The molecule has 0 aromatic carbocycles. The maximum atomic E-state index is 2.44. The Morgan fingerprint density at radius 2 is 1.27 bits per heavy atom. The van der Waals surface area contributed by atoms with Crippen LogP contribution in [-0.4, -0.2) is 4.57 Å². The zero-order valence-electron chi connectivity index (χ0n) is 18.6. The number of halogens is 1. The lowest BCUT2D eigenvalue weighted by Gasteiger charge is -2.45. The van der Waals surface area contributed by atoms with Crippen LogP contribution in [0.25, 0.3) is 0 Å². The third-order valence-corrected chi connectivity index (χ3v) is 7.40. The summed E-state index contributed by atoms with van der Waals surface area (Å²) in [6.07, 6.45) is 13.5. The number of aryl methyl sites for hydroxylation is 2. The predicted octanol–water partition coefficient (Wildman–Crippen LogP) is 8.48. The topological polar surface area (TPSA) is 4.93 Å². The molecule has 0 spiro atoms. The van der Waals surface area contributed by atoms with Crippen LogP contribution in [0.1, 0.15) is 98.6 Å². The van der Waals surface area contributed by atoms with Crippen LogP contribution in [0.15, 0.2) is 12.3 Å². The molecule has 1 aromatic heterocycles. The molecule has 152 valence electrons. The van der Waals surface area contributed by atoms with Crippen molar-refractivity contribution in [1.82, 2.24) is 4.57 Å². The van der Waals surface area contributed by atoms with E-state index in [2.05, 4.69) is 87.9 Å². The van der Waals surface area contributed by atoms with Crippen LogP contribution < -0.4 is 0 Å². The van der Waals surface area contributed by atoms with Gasteiger partial charge in [-0.05, 0) is 71.6 Å². The Balaban J connectivity index is 2.17. The molecule has 26 heavy (non-hydrogen) atoms. The average molecular weight is 474 g/mol. The number of hydrogen-bond acceptors (Lipinski definition) is 0. The molecule has 1 rings (SSSR count). The third-order valence-electron chi connectivity index (χ3n) is 6.81. The Bertz CT molecular complexity index is 477. The summed E-state index contributed by atoms with van der Waals surface area (Å²) in [7, 11) is 0. The summed E-state index contributed by atoms with van der Waals surface area (Å²) in [5.41, 5.74) is 1.92. The highest BCUT2D eigenvalue weighted by Gasteiger charge is 2.39. The van der Waals surface area contributed by atoms with E-state index in [4.69, 9.17) is 0 Å². The second-order valence-electron chi connectivity index (χ2n) is 9.29. The molecule has 1 nitrogen and oxygen atoms in total. The van der Waals surface area contributed by atoms with Crippen molar-refractivity contribution in [2.24, 2.45) is 23.2 Å². The minimum absolute atomic E-state index is 0.520. The first-order chi connectivity index (χ1) is 12.2. The molecule has 0 fully saturated rings. The Labute approximate surface area is 177 Å². The van der Waals surface area contributed by atoms with Gasteiger partial charge in [-0.3, -0.25) is 0 Å². The van der Waals surface area contributed by atoms with Crippen LogP contribution in [-0.2, 0) is 6.54 Å². The van der Waals surface area contributed by atoms with E-state index in [1.165, 1.54) is 67.2 Å². The van der Waals surface area contributed by atoms with Crippen molar-refractivity contribution in [2.45, 2.75) is 106 Å². The molecule has 0 saturated heterocycles. The van der Waals surface area contributed by atoms with Crippen molar-refractivity contribution in [3.8, 4) is 0 Å². The third kappa shape index (κ3) is 6.87. The van der Waals surface area contributed by atoms with Crippen molar-refractivity contribution in [2.75, 3.05) is 0 Å². The highest BCUT2D eigenvalue weighted by Crippen LogP contribution is 2.47. The molecular formula is C24H44IN. The molecule has 1 heterocycles. The average Bonchev–Trinajstić information content (AvgIpc) is 2.85. The van der Waals surface area contributed by atoms with Gasteiger partial charge in [-0.2, -0.15) is 0 Å². The lowest BCUT2D eigenvalue weighted by atomic mass is 9.60. The van der Waals surface area contributed by atoms with Crippen molar-refractivity contribution in [1.29, 1.82) is 0 Å². The standard InChI is InChI=1S/C24H44IN/c1-19(2)24(20(3)4,21(5)6)15-13-11-9-8-10-12-14-16-26-18-23(25)17-22(26)7/h17-21H,8-16H2,1-7H3. The fourth-order valence-electron chi connectivity index (χ4n) is 5.27. The van der Waals surface area contributed by atoms with Crippen molar-refractivity contribution in [3.05, 3.63) is 21.5 Å². The maximum Gasteiger partial charge on any atom is 0.0309 e. The predicted molar refractivity (Wildman–Crippen MR) is 126 cm³/mol. The lowest BCUT2D eigenvalue weighted by molar-refractivity contribution is 0.0356. The Hall–Kier alpha value is 0.01000. The van der Waals surface area contributed by atoms with Crippen LogP contribution in [0, 0.1) is 33.7 Å². The molecule has 2 heteroatoms. The van der Waals surface area contributed by atoms with E-state index in [0.717, 1.165) is 17.8 Å². The van der Waals surface area contributed by atoms with Gasteiger partial charge in [0, 0.05) is 22.0 Å². The van der Waals surface area contributed by atoms with Gasteiger partial charge in [0.2, 0.25) is 0 Å². The summed E-state index contributed by atoms with van der Waals surface area (Å²) >= 11 is 2.41. The van der Waals surface area contributed by atoms with E-state index in [1.54, 1.807) is 0 Å². The molecular weight excluding hydrogens is 429 g/mol. The Morgan fingerprint density at radius 1 is 0.808 bits per heavy atom. The van der Waals surface area contributed by atoms with Gasteiger partial charge in [0.1, 0.15) is 0 Å². The van der Waals surface area contributed by atoms with E-state index in [0.29, 0.717) is 5.41 Å². The summed E-state index contributed by atoms with van der Waals surface area (Å²) in [6, 6.07) is 2.27. The number of unbranched alkanes of at least 4 members (excludes halogenated alkanes) is 6.